The molecule has 134 valence electrons. The highest BCUT2D eigenvalue weighted by Crippen LogP contribution is 2.29. The molecule has 3 aromatic rings. The summed E-state index contributed by atoms with van der Waals surface area (Å²) < 4.78 is 23.9. The number of halogens is 2. The Bertz CT molecular complexity index is 1120. The number of thiazole rings is 1. The molecule has 0 saturated carbocycles. The number of anilines is 1. The Morgan fingerprint density at radius 2 is 1.88 bits per heavy atom. The van der Waals surface area contributed by atoms with Gasteiger partial charge in [-0.25, -0.2) is 13.4 Å². The summed E-state index contributed by atoms with van der Waals surface area (Å²) in [6.45, 7) is 0. The van der Waals surface area contributed by atoms with E-state index in [-0.39, 0.29) is 4.90 Å². The molecule has 0 saturated heterocycles. The van der Waals surface area contributed by atoms with Crippen LogP contribution in [0.3, 0.4) is 0 Å². The first-order valence-electron chi connectivity index (χ1n) is 7.28. The highest BCUT2D eigenvalue weighted by atomic mass is 35.5. The number of fused-ring (bicyclic) bond motifs is 1. The molecule has 1 N–H and O–H groups in total. The Balaban J connectivity index is 1.80. The van der Waals surface area contributed by atoms with Crippen LogP contribution in [0.2, 0.25) is 10.0 Å². The van der Waals surface area contributed by atoms with E-state index in [1.807, 2.05) is 0 Å². The standard InChI is InChI=1S/C17H12Cl2N2O3S2/c1-26(23,24)10-5-7-14-15(9-10)25-17(20-14)21-16(22)8-6-11-12(18)3-2-4-13(11)19/h2-9H,1H3,(H,20,21,22)/b8-6+. The summed E-state index contributed by atoms with van der Waals surface area (Å²) in [4.78, 5) is 16.6. The summed E-state index contributed by atoms with van der Waals surface area (Å²) >= 11 is 13.3. The molecule has 1 heterocycles. The number of amides is 1. The van der Waals surface area contributed by atoms with Crippen molar-refractivity contribution in [3.05, 3.63) is 58.1 Å². The third-order valence-corrected chi connectivity index (χ3v) is 6.12. The van der Waals surface area contributed by atoms with Gasteiger partial charge in [0, 0.05) is 27.9 Å². The van der Waals surface area contributed by atoms with Gasteiger partial charge in [-0.15, -0.1) is 0 Å². The number of rotatable bonds is 4. The molecule has 0 radical (unpaired) electrons. The second-order valence-electron chi connectivity index (χ2n) is 5.38. The molecule has 1 amide bonds. The van der Waals surface area contributed by atoms with E-state index in [9.17, 15) is 13.2 Å². The van der Waals surface area contributed by atoms with Crippen LogP contribution >= 0.6 is 34.5 Å². The van der Waals surface area contributed by atoms with Crippen LogP contribution in [0.4, 0.5) is 5.13 Å². The summed E-state index contributed by atoms with van der Waals surface area (Å²) in [5, 5.41) is 3.89. The zero-order valence-corrected chi connectivity index (χ0v) is 16.5. The van der Waals surface area contributed by atoms with Crippen molar-refractivity contribution in [1.82, 2.24) is 4.98 Å². The zero-order valence-electron chi connectivity index (χ0n) is 13.4. The number of aromatic nitrogens is 1. The van der Waals surface area contributed by atoms with Gasteiger partial charge in [0.2, 0.25) is 5.91 Å². The second-order valence-corrected chi connectivity index (χ2v) is 9.24. The summed E-state index contributed by atoms with van der Waals surface area (Å²) in [6, 6.07) is 9.71. The highest BCUT2D eigenvalue weighted by molar-refractivity contribution is 7.90. The van der Waals surface area contributed by atoms with Crippen molar-refractivity contribution in [2.24, 2.45) is 0 Å². The molecular formula is C17H12Cl2N2O3S2. The second kappa shape index (κ2) is 7.36. The van der Waals surface area contributed by atoms with Crippen LogP contribution in [0.1, 0.15) is 5.56 Å². The molecule has 1 aromatic heterocycles. The summed E-state index contributed by atoms with van der Waals surface area (Å²) in [6.07, 6.45) is 3.97. The van der Waals surface area contributed by atoms with E-state index in [1.54, 1.807) is 24.3 Å². The molecule has 0 aliphatic rings. The molecule has 5 nitrogen and oxygen atoms in total. The van der Waals surface area contributed by atoms with Gasteiger partial charge in [-0.2, -0.15) is 0 Å². The molecule has 3 rings (SSSR count). The zero-order chi connectivity index (χ0) is 18.9. The van der Waals surface area contributed by atoms with E-state index < -0.39 is 15.7 Å². The lowest BCUT2D eigenvalue weighted by molar-refractivity contribution is -0.111. The topological polar surface area (TPSA) is 76.1 Å². The summed E-state index contributed by atoms with van der Waals surface area (Å²) in [7, 11) is -3.30. The van der Waals surface area contributed by atoms with Gasteiger partial charge in [-0.3, -0.25) is 10.1 Å². The molecule has 0 bridgehead atoms. The first-order chi connectivity index (χ1) is 12.2. The molecule has 0 atom stereocenters. The average Bonchev–Trinajstić information content (AvgIpc) is 2.94. The van der Waals surface area contributed by atoms with Crippen LogP contribution in [0.15, 0.2) is 47.4 Å². The van der Waals surface area contributed by atoms with Gasteiger partial charge in [-0.05, 0) is 36.4 Å². The van der Waals surface area contributed by atoms with Crippen LogP contribution < -0.4 is 5.32 Å². The molecule has 9 heteroatoms. The van der Waals surface area contributed by atoms with Crippen LogP contribution in [0.5, 0.6) is 0 Å². The predicted molar refractivity (Wildman–Crippen MR) is 107 cm³/mol. The van der Waals surface area contributed by atoms with Crippen LogP contribution in [-0.4, -0.2) is 25.6 Å². The molecule has 0 aliphatic heterocycles. The third-order valence-electron chi connectivity index (χ3n) is 3.42. The molecule has 0 spiro atoms. The molecular weight excluding hydrogens is 415 g/mol. The number of sulfone groups is 1. The van der Waals surface area contributed by atoms with Gasteiger partial charge in [0.1, 0.15) is 0 Å². The van der Waals surface area contributed by atoms with E-state index >= 15 is 0 Å². The van der Waals surface area contributed by atoms with Crippen molar-refractivity contribution in [3.8, 4) is 0 Å². The van der Waals surface area contributed by atoms with Gasteiger partial charge in [0.05, 0.1) is 15.1 Å². The highest BCUT2D eigenvalue weighted by Gasteiger charge is 2.11. The molecule has 0 aliphatic carbocycles. The van der Waals surface area contributed by atoms with Crippen molar-refractivity contribution in [1.29, 1.82) is 0 Å². The lowest BCUT2D eigenvalue weighted by Crippen LogP contribution is -2.07. The van der Waals surface area contributed by atoms with Crippen LogP contribution in [0.25, 0.3) is 16.3 Å². The molecule has 0 unspecified atom stereocenters. The normalized spacial score (nSPS) is 12.0. The number of carbonyl (C=O) groups excluding carboxylic acids is 1. The smallest absolute Gasteiger partial charge is 0.250 e. The average molecular weight is 427 g/mol. The Kier molecular flexibility index (Phi) is 5.34. The quantitative estimate of drug-likeness (QED) is 0.615. The number of benzene rings is 2. The number of hydrogen-bond acceptors (Lipinski definition) is 5. The molecule has 2 aromatic carbocycles. The van der Waals surface area contributed by atoms with Crippen LogP contribution in [-0.2, 0) is 14.6 Å². The fourth-order valence-corrected chi connectivity index (χ4v) is 4.32. The molecule has 0 fully saturated rings. The first kappa shape index (κ1) is 18.8. The summed E-state index contributed by atoms with van der Waals surface area (Å²) in [5.74, 6) is -0.400. The fourth-order valence-electron chi connectivity index (χ4n) is 2.17. The van der Waals surface area contributed by atoms with E-state index in [0.717, 1.165) is 6.26 Å². The summed E-state index contributed by atoms with van der Waals surface area (Å²) in [5.41, 5.74) is 1.16. The number of nitrogens with zero attached hydrogens (tertiary/aromatic N) is 1. The minimum absolute atomic E-state index is 0.208. The van der Waals surface area contributed by atoms with Crippen molar-refractivity contribution in [2.75, 3.05) is 11.6 Å². The SMILES string of the molecule is CS(=O)(=O)c1ccc2nc(NC(=O)/C=C/c3c(Cl)cccc3Cl)sc2c1. The first-order valence-corrected chi connectivity index (χ1v) is 10.7. The van der Waals surface area contributed by atoms with E-state index in [0.29, 0.717) is 31.0 Å². The Morgan fingerprint density at radius 1 is 1.19 bits per heavy atom. The van der Waals surface area contributed by atoms with Crippen molar-refractivity contribution >= 4 is 71.7 Å². The maximum absolute atomic E-state index is 12.1. The lowest BCUT2D eigenvalue weighted by Gasteiger charge is -2.00. The van der Waals surface area contributed by atoms with E-state index in [4.69, 9.17) is 23.2 Å². The Hall–Kier alpha value is -1.93. The fraction of sp³-hybridized carbons (Fsp3) is 0.0588. The van der Waals surface area contributed by atoms with Crippen LogP contribution in [0, 0.1) is 0 Å². The van der Waals surface area contributed by atoms with Gasteiger partial charge in [0.25, 0.3) is 0 Å². The van der Waals surface area contributed by atoms with E-state index in [2.05, 4.69) is 10.3 Å². The number of hydrogen-bond donors (Lipinski definition) is 1. The van der Waals surface area contributed by atoms with Gasteiger partial charge in [0.15, 0.2) is 15.0 Å². The Morgan fingerprint density at radius 3 is 2.54 bits per heavy atom. The van der Waals surface area contributed by atoms with Gasteiger partial charge in [-0.1, -0.05) is 40.6 Å². The van der Waals surface area contributed by atoms with Crippen molar-refractivity contribution in [3.63, 3.8) is 0 Å². The minimum atomic E-state index is -3.30. The van der Waals surface area contributed by atoms with Gasteiger partial charge >= 0.3 is 0 Å². The maximum atomic E-state index is 12.1. The molecule has 26 heavy (non-hydrogen) atoms. The largest absolute Gasteiger partial charge is 0.298 e. The number of carbonyl (C=O) groups is 1. The Labute approximate surface area is 164 Å². The lowest BCUT2D eigenvalue weighted by atomic mass is 10.2. The predicted octanol–water partition coefficient (Wildman–Crippen LogP) is 4.66. The monoisotopic (exact) mass is 426 g/mol. The van der Waals surface area contributed by atoms with E-state index in [1.165, 1.54) is 35.6 Å². The number of nitrogens with one attached hydrogen (secondary N) is 1. The third kappa shape index (κ3) is 4.24. The minimum Gasteiger partial charge on any atom is -0.298 e. The van der Waals surface area contributed by atoms with Crippen molar-refractivity contribution < 1.29 is 13.2 Å². The van der Waals surface area contributed by atoms with Gasteiger partial charge < -0.3 is 0 Å². The maximum Gasteiger partial charge on any atom is 0.250 e. The van der Waals surface area contributed by atoms with Crippen molar-refractivity contribution in [2.45, 2.75) is 4.90 Å².